The number of esters is 1. The van der Waals surface area contributed by atoms with Gasteiger partial charge < -0.3 is 10.1 Å². The molecule has 36 heavy (non-hydrogen) atoms. The van der Waals surface area contributed by atoms with Gasteiger partial charge in [0.05, 0.1) is 24.0 Å². The minimum absolute atomic E-state index is 0.0334. The molecule has 2 aromatic rings. The summed E-state index contributed by atoms with van der Waals surface area (Å²) in [6.07, 6.45) is -8.05. The van der Waals surface area contributed by atoms with Gasteiger partial charge in [-0.2, -0.15) is 26.3 Å². The van der Waals surface area contributed by atoms with E-state index in [4.69, 9.17) is 4.74 Å². The highest BCUT2D eigenvalue weighted by atomic mass is 19.4. The van der Waals surface area contributed by atoms with E-state index in [0.717, 1.165) is 12.1 Å². The lowest BCUT2D eigenvalue weighted by Gasteiger charge is -2.32. The van der Waals surface area contributed by atoms with Crippen molar-refractivity contribution in [3.8, 4) is 11.1 Å². The lowest BCUT2D eigenvalue weighted by molar-refractivity contribution is -0.179. The van der Waals surface area contributed by atoms with E-state index in [1.807, 2.05) is 19.9 Å². The van der Waals surface area contributed by atoms with Crippen LogP contribution >= 0.6 is 0 Å². The number of carbonyl (C=O) groups excluding carboxylic acids is 1. The number of hydrogen-bond donors (Lipinski definition) is 1. The van der Waals surface area contributed by atoms with Crippen molar-refractivity contribution in [2.75, 3.05) is 13.2 Å². The van der Waals surface area contributed by atoms with E-state index in [1.165, 1.54) is 12.1 Å². The standard InChI is InChI=1S/C27H31F6NO2/c1-4-36-25(35)23(11-16(2)3)19-12-18(17-5-7-21(8-6-17)26(28,29)30)13-20(14-19)24-10-9-22(15-34-24)27(31,32)33/h5-8,12-14,16,22-24,34H,4,9-11,15H2,1-3H3. The summed E-state index contributed by atoms with van der Waals surface area (Å²) in [5, 5.41) is 2.98. The highest BCUT2D eigenvalue weighted by Gasteiger charge is 2.41. The van der Waals surface area contributed by atoms with Crippen LogP contribution in [0.4, 0.5) is 26.3 Å². The Bertz CT molecular complexity index is 1020. The number of nitrogens with one attached hydrogen (secondary N) is 1. The first kappa shape index (κ1) is 28.0. The van der Waals surface area contributed by atoms with Gasteiger partial charge >= 0.3 is 18.3 Å². The molecule has 1 N–H and O–H groups in total. The van der Waals surface area contributed by atoms with E-state index in [9.17, 15) is 31.1 Å². The summed E-state index contributed by atoms with van der Waals surface area (Å²) >= 11 is 0. The number of rotatable bonds is 7. The SMILES string of the molecule is CCOC(=O)C(CC(C)C)c1cc(-c2ccc(C(F)(F)F)cc2)cc(C2CCC(C(F)(F)F)CN2)c1. The molecule has 2 aromatic carbocycles. The molecule has 1 fully saturated rings. The molecule has 1 saturated heterocycles. The van der Waals surface area contributed by atoms with Crippen LogP contribution in [0.5, 0.6) is 0 Å². The van der Waals surface area contributed by atoms with E-state index < -0.39 is 35.7 Å². The molecule has 0 saturated carbocycles. The number of carbonyl (C=O) groups is 1. The van der Waals surface area contributed by atoms with Gasteiger partial charge in [-0.15, -0.1) is 0 Å². The average molecular weight is 516 g/mol. The number of benzene rings is 2. The van der Waals surface area contributed by atoms with Crippen LogP contribution < -0.4 is 5.32 Å². The van der Waals surface area contributed by atoms with Crippen LogP contribution in [0.2, 0.25) is 0 Å². The second-order valence-electron chi connectivity index (χ2n) is 9.67. The third-order valence-corrected chi connectivity index (χ3v) is 6.48. The molecule has 3 unspecified atom stereocenters. The predicted molar refractivity (Wildman–Crippen MR) is 125 cm³/mol. The molecule has 0 aliphatic carbocycles. The highest BCUT2D eigenvalue weighted by molar-refractivity contribution is 5.79. The Balaban J connectivity index is 2.03. The van der Waals surface area contributed by atoms with Gasteiger partial charge in [0.25, 0.3) is 0 Å². The van der Waals surface area contributed by atoms with E-state index in [-0.39, 0.29) is 38.0 Å². The Kier molecular flexibility index (Phi) is 8.75. The molecule has 3 atom stereocenters. The van der Waals surface area contributed by atoms with Gasteiger partial charge in [0.15, 0.2) is 0 Å². The summed E-state index contributed by atoms with van der Waals surface area (Å²) in [6, 6.07) is 9.67. The number of alkyl halides is 6. The van der Waals surface area contributed by atoms with E-state index in [0.29, 0.717) is 28.7 Å². The predicted octanol–water partition coefficient (Wildman–Crippen LogP) is 7.67. The number of halogens is 6. The summed E-state index contributed by atoms with van der Waals surface area (Å²) in [6.45, 7) is 5.61. The molecule has 3 nitrogen and oxygen atoms in total. The molecule has 0 spiro atoms. The van der Waals surface area contributed by atoms with Crippen LogP contribution in [0.3, 0.4) is 0 Å². The fraction of sp³-hybridized carbons (Fsp3) is 0.519. The summed E-state index contributed by atoms with van der Waals surface area (Å²) in [4.78, 5) is 12.8. The topological polar surface area (TPSA) is 38.3 Å². The van der Waals surface area contributed by atoms with Gasteiger partial charge in [-0.05, 0) is 72.6 Å². The third kappa shape index (κ3) is 7.02. The zero-order chi connectivity index (χ0) is 26.7. The van der Waals surface area contributed by atoms with E-state index in [2.05, 4.69) is 5.32 Å². The van der Waals surface area contributed by atoms with Gasteiger partial charge in [-0.1, -0.05) is 38.1 Å². The zero-order valence-electron chi connectivity index (χ0n) is 20.5. The summed E-state index contributed by atoms with van der Waals surface area (Å²) in [5.41, 5.74) is 1.66. The van der Waals surface area contributed by atoms with Crippen molar-refractivity contribution in [3.05, 3.63) is 59.2 Å². The van der Waals surface area contributed by atoms with Gasteiger partial charge in [0.2, 0.25) is 0 Å². The first-order valence-corrected chi connectivity index (χ1v) is 12.1. The average Bonchev–Trinajstić information content (AvgIpc) is 2.81. The van der Waals surface area contributed by atoms with Gasteiger partial charge in [0, 0.05) is 12.6 Å². The molecule has 1 aliphatic rings. The second-order valence-corrected chi connectivity index (χ2v) is 9.67. The van der Waals surface area contributed by atoms with Crippen molar-refractivity contribution in [2.45, 2.75) is 64.3 Å². The normalized spacial score (nSPS) is 19.8. The molecule has 198 valence electrons. The van der Waals surface area contributed by atoms with Crippen molar-refractivity contribution in [2.24, 2.45) is 11.8 Å². The molecule has 0 radical (unpaired) electrons. The fourth-order valence-electron chi connectivity index (χ4n) is 4.60. The van der Waals surface area contributed by atoms with Gasteiger partial charge in [-0.25, -0.2) is 0 Å². The molecule has 0 aromatic heterocycles. The Hall–Kier alpha value is -2.55. The third-order valence-electron chi connectivity index (χ3n) is 6.48. The molecule has 3 rings (SSSR count). The lowest BCUT2D eigenvalue weighted by atomic mass is 9.84. The van der Waals surface area contributed by atoms with Crippen molar-refractivity contribution >= 4 is 5.97 Å². The monoisotopic (exact) mass is 515 g/mol. The van der Waals surface area contributed by atoms with Crippen molar-refractivity contribution in [1.29, 1.82) is 0 Å². The van der Waals surface area contributed by atoms with Crippen LogP contribution in [0.25, 0.3) is 11.1 Å². The number of ether oxygens (including phenoxy) is 1. The molecular weight excluding hydrogens is 484 g/mol. The van der Waals surface area contributed by atoms with Crippen molar-refractivity contribution in [1.82, 2.24) is 5.32 Å². The Morgan fingerprint density at radius 3 is 2.17 bits per heavy atom. The van der Waals surface area contributed by atoms with Crippen molar-refractivity contribution in [3.63, 3.8) is 0 Å². The largest absolute Gasteiger partial charge is 0.466 e. The lowest BCUT2D eigenvalue weighted by Crippen LogP contribution is -2.40. The Labute approximate surface area is 207 Å². The van der Waals surface area contributed by atoms with Crippen LogP contribution in [0, 0.1) is 11.8 Å². The second kappa shape index (κ2) is 11.2. The summed E-state index contributed by atoms with van der Waals surface area (Å²) in [5.74, 6) is -2.29. The number of hydrogen-bond acceptors (Lipinski definition) is 3. The van der Waals surface area contributed by atoms with Crippen LogP contribution in [-0.2, 0) is 15.7 Å². The highest BCUT2D eigenvalue weighted by Crippen LogP contribution is 2.39. The van der Waals surface area contributed by atoms with Gasteiger partial charge in [0.1, 0.15) is 0 Å². The van der Waals surface area contributed by atoms with Crippen LogP contribution in [-0.4, -0.2) is 25.3 Å². The minimum atomic E-state index is -4.47. The Morgan fingerprint density at radius 2 is 1.67 bits per heavy atom. The first-order chi connectivity index (χ1) is 16.8. The molecule has 1 heterocycles. The molecule has 9 heteroatoms. The minimum Gasteiger partial charge on any atom is -0.466 e. The summed E-state index contributed by atoms with van der Waals surface area (Å²) in [7, 11) is 0. The van der Waals surface area contributed by atoms with Gasteiger partial charge in [-0.3, -0.25) is 4.79 Å². The van der Waals surface area contributed by atoms with E-state index in [1.54, 1.807) is 19.1 Å². The molecular formula is C27H31F6NO2. The molecule has 0 amide bonds. The zero-order valence-corrected chi connectivity index (χ0v) is 20.5. The number of piperidine rings is 1. The first-order valence-electron chi connectivity index (χ1n) is 12.1. The smallest absolute Gasteiger partial charge is 0.416 e. The maximum Gasteiger partial charge on any atom is 0.416 e. The fourth-order valence-corrected chi connectivity index (χ4v) is 4.60. The quantitative estimate of drug-likeness (QED) is 0.304. The Morgan fingerprint density at radius 1 is 1.00 bits per heavy atom. The molecule has 1 aliphatic heterocycles. The molecule has 0 bridgehead atoms. The van der Waals surface area contributed by atoms with Crippen LogP contribution in [0.1, 0.15) is 68.7 Å². The van der Waals surface area contributed by atoms with Crippen molar-refractivity contribution < 1.29 is 35.9 Å². The summed E-state index contributed by atoms with van der Waals surface area (Å²) < 4.78 is 83.9. The maximum absolute atomic E-state index is 13.2. The van der Waals surface area contributed by atoms with Crippen LogP contribution in [0.15, 0.2) is 42.5 Å². The van der Waals surface area contributed by atoms with E-state index >= 15 is 0 Å². The maximum atomic E-state index is 13.2.